The lowest BCUT2D eigenvalue weighted by atomic mass is 9.75. The third-order valence-electron chi connectivity index (χ3n) is 6.32. The van der Waals surface area contributed by atoms with Gasteiger partial charge in [-0.15, -0.1) is 0 Å². The molecule has 162 valence electrons. The first-order valence-electron chi connectivity index (χ1n) is 10.6. The quantitative estimate of drug-likeness (QED) is 0.682. The number of aryl methyl sites for hydroxylation is 1. The first kappa shape index (κ1) is 21.8. The van der Waals surface area contributed by atoms with Gasteiger partial charge in [-0.1, -0.05) is 6.92 Å². The van der Waals surface area contributed by atoms with E-state index < -0.39 is 11.9 Å². The van der Waals surface area contributed by atoms with Crippen molar-refractivity contribution in [2.24, 2.45) is 17.3 Å². The number of fused-ring (bicyclic) bond motifs is 1. The highest BCUT2D eigenvalue weighted by atomic mass is 16.5. The van der Waals surface area contributed by atoms with Gasteiger partial charge >= 0.3 is 5.97 Å². The van der Waals surface area contributed by atoms with E-state index in [0.29, 0.717) is 31.6 Å². The van der Waals surface area contributed by atoms with Crippen LogP contribution >= 0.6 is 0 Å². The molecule has 8 heteroatoms. The third-order valence-corrected chi connectivity index (χ3v) is 6.32. The summed E-state index contributed by atoms with van der Waals surface area (Å²) in [7, 11) is 1.52. The Kier molecular flexibility index (Phi) is 6.95. The fourth-order valence-corrected chi connectivity index (χ4v) is 4.67. The van der Waals surface area contributed by atoms with Gasteiger partial charge in [0.2, 0.25) is 0 Å². The molecule has 3 rings (SSSR count). The van der Waals surface area contributed by atoms with Crippen LogP contribution in [0.1, 0.15) is 54.9 Å². The minimum atomic E-state index is -0.836. The lowest BCUT2D eigenvalue weighted by Gasteiger charge is -2.36. The Hall–Kier alpha value is -1.93. The molecular formula is C21H33N3O5. The van der Waals surface area contributed by atoms with Crippen LogP contribution in [-0.2, 0) is 33.7 Å². The van der Waals surface area contributed by atoms with E-state index in [0.717, 1.165) is 43.7 Å². The van der Waals surface area contributed by atoms with Crippen molar-refractivity contribution >= 4 is 11.9 Å². The minimum absolute atomic E-state index is 0.0123. The van der Waals surface area contributed by atoms with Crippen molar-refractivity contribution in [2.75, 3.05) is 33.5 Å². The predicted octanol–water partition coefficient (Wildman–Crippen LogP) is 1.90. The van der Waals surface area contributed by atoms with Crippen molar-refractivity contribution in [2.45, 2.75) is 52.5 Å². The summed E-state index contributed by atoms with van der Waals surface area (Å²) in [5.41, 5.74) is 2.65. The van der Waals surface area contributed by atoms with Gasteiger partial charge in [0.1, 0.15) is 5.69 Å². The van der Waals surface area contributed by atoms with Gasteiger partial charge in [-0.2, -0.15) is 5.10 Å². The summed E-state index contributed by atoms with van der Waals surface area (Å²) in [6.07, 6.45) is 3.83. The second kappa shape index (κ2) is 9.26. The standard InChI is InChI=1S/C21H33N3O5/c1-4-24-18-16(11-21(13-22-19(18)25)5-7-29-8-6-21)17(23-24)10-14(2)9-15(12-28-3)20(26)27/h14-15H,4-13H2,1-3H3,(H,22,25)(H,26,27)/t14-,15?/m1/s1. The Morgan fingerprint density at radius 3 is 2.76 bits per heavy atom. The largest absolute Gasteiger partial charge is 0.481 e. The molecule has 1 spiro atoms. The molecule has 0 aromatic carbocycles. The van der Waals surface area contributed by atoms with Gasteiger partial charge in [0, 0.05) is 39.0 Å². The molecule has 29 heavy (non-hydrogen) atoms. The number of aliphatic carboxylic acids is 1. The highest BCUT2D eigenvalue weighted by Crippen LogP contribution is 2.38. The minimum Gasteiger partial charge on any atom is -0.481 e. The fraction of sp³-hybridized carbons (Fsp3) is 0.762. The molecule has 2 aliphatic heterocycles. The lowest BCUT2D eigenvalue weighted by molar-refractivity contribution is -0.144. The molecule has 0 saturated carbocycles. The van der Waals surface area contributed by atoms with Crippen LogP contribution in [-0.4, -0.2) is 60.2 Å². The topological polar surface area (TPSA) is 103 Å². The van der Waals surface area contributed by atoms with Gasteiger partial charge in [0.25, 0.3) is 5.91 Å². The van der Waals surface area contributed by atoms with Gasteiger partial charge in [-0.25, -0.2) is 0 Å². The fourth-order valence-electron chi connectivity index (χ4n) is 4.67. The van der Waals surface area contributed by atoms with E-state index in [1.165, 1.54) is 7.11 Å². The summed E-state index contributed by atoms with van der Waals surface area (Å²) in [4.78, 5) is 24.4. The maximum atomic E-state index is 12.9. The SMILES string of the molecule is CCn1nc(C[C@H](C)CC(COC)C(=O)O)c2c1C(=O)NCC1(CCOCC1)C2. The summed E-state index contributed by atoms with van der Waals surface area (Å²) >= 11 is 0. The summed E-state index contributed by atoms with van der Waals surface area (Å²) in [5.74, 6) is -1.31. The number of methoxy groups -OCH3 is 1. The Labute approximate surface area is 171 Å². The van der Waals surface area contributed by atoms with Crippen LogP contribution in [0.15, 0.2) is 0 Å². The molecule has 0 bridgehead atoms. The average molecular weight is 408 g/mol. The maximum absolute atomic E-state index is 12.9. The number of aromatic nitrogens is 2. The van der Waals surface area contributed by atoms with Crippen LogP contribution in [0.3, 0.4) is 0 Å². The van der Waals surface area contributed by atoms with E-state index in [2.05, 4.69) is 5.32 Å². The van der Waals surface area contributed by atoms with Gasteiger partial charge < -0.3 is 19.9 Å². The molecule has 1 amide bonds. The number of carbonyl (C=O) groups excluding carboxylic acids is 1. The van der Waals surface area contributed by atoms with Crippen LogP contribution in [0, 0.1) is 17.3 Å². The van der Waals surface area contributed by atoms with Gasteiger partial charge in [0.15, 0.2) is 0 Å². The van der Waals surface area contributed by atoms with Crippen molar-refractivity contribution in [3.05, 3.63) is 17.0 Å². The van der Waals surface area contributed by atoms with E-state index in [9.17, 15) is 14.7 Å². The lowest BCUT2D eigenvalue weighted by Crippen LogP contribution is -2.40. The van der Waals surface area contributed by atoms with Gasteiger partial charge in [-0.05, 0) is 50.4 Å². The van der Waals surface area contributed by atoms with Crippen molar-refractivity contribution < 1.29 is 24.2 Å². The summed E-state index contributed by atoms with van der Waals surface area (Å²) in [6, 6.07) is 0. The van der Waals surface area contributed by atoms with E-state index in [-0.39, 0.29) is 23.8 Å². The van der Waals surface area contributed by atoms with Crippen LogP contribution in [0.25, 0.3) is 0 Å². The first-order valence-corrected chi connectivity index (χ1v) is 10.6. The number of carbonyl (C=O) groups is 2. The van der Waals surface area contributed by atoms with Crippen molar-refractivity contribution in [1.82, 2.24) is 15.1 Å². The number of carboxylic acid groups (broad SMARTS) is 1. The van der Waals surface area contributed by atoms with Gasteiger partial charge in [0.05, 0.1) is 18.2 Å². The number of nitrogens with one attached hydrogen (secondary N) is 1. The molecule has 1 aromatic heterocycles. The molecule has 2 aliphatic rings. The van der Waals surface area contributed by atoms with Crippen molar-refractivity contribution in [1.29, 1.82) is 0 Å². The predicted molar refractivity (Wildman–Crippen MR) is 107 cm³/mol. The third kappa shape index (κ3) is 4.80. The number of rotatable bonds is 8. The molecule has 1 aromatic rings. The van der Waals surface area contributed by atoms with Crippen LogP contribution in [0.5, 0.6) is 0 Å². The molecule has 8 nitrogen and oxygen atoms in total. The summed E-state index contributed by atoms with van der Waals surface area (Å²) in [5, 5.41) is 17.3. The zero-order valence-corrected chi connectivity index (χ0v) is 17.7. The number of carboxylic acids is 1. The molecule has 0 radical (unpaired) electrons. The van der Waals surface area contributed by atoms with Gasteiger partial charge in [-0.3, -0.25) is 14.3 Å². The number of amides is 1. The van der Waals surface area contributed by atoms with Crippen LogP contribution < -0.4 is 5.32 Å². The van der Waals surface area contributed by atoms with Crippen LogP contribution in [0.2, 0.25) is 0 Å². The molecule has 1 unspecified atom stereocenters. The Balaban J connectivity index is 1.86. The second-order valence-electron chi connectivity index (χ2n) is 8.60. The molecule has 1 saturated heterocycles. The molecule has 2 atom stereocenters. The number of hydrogen-bond donors (Lipinski definition) is 2. The molecule has 1 fully saturated rings. The number of ether oxygens (including phenoxy) is 2. The Bertz CT molecular complexity index is 739. The zero-order chi connectivity index (χ0) is 21.0. The summed E-state index contributed by atoms with van der Waals surface area (Å²) in [6.45, 7) is 6.96. The monoisotopic (exact) mass is 407 g/mol. The van der Waals surface area contributed by atoms with Crippen molar-refractivity contribution in [3.63, 3.8) is 0 Å². The maximum Gasteiger partial charge on any atom is 0.308 e. The van der Waals surface area contributed by atoms with E-state index in [1.54, 1.807) is 4.68 Å². The Morgan fingerprint density at radius 2 is 2.14 bits per heavy atom. The van der Waals surface area contributed by atoms with Crippen LogP contribution in [0.4, 0.5) is 0 Å². The normalized spacial score (nSPS) is 20.6. The molecule has 0 aliphatic carbocycles. The van der Waals surface area contributed by atoms with E-state index in [1.807, 2.05) is 13.8 Å². The molecular weight excluding hydrogens is 374 g/mol. The van der Waals surface area contributed by atoms with E-state index in [4.69, 9.17) is 14.6 Å². The number of hydrogen-bond acceptors (Lipinski definition) is 5. The van der Waals surface area contributed by atoms with Crippen molar-refractivity contribution in [3.8, 4) is 0 Å². The smallest absolute Gasteiger partial charge is 0.308 e. The molecule has 2 N–H and O–H groups in total. The average Bonchev–Trinajstić information content (AvgIpc) is 2.96. The highest BCUT2D eigenvalue weighted by Gasteiger charge is 2.39. The number of nitrogens with zero attached hydrogens (tertiary/aromatic N) is 2. The molecule has 3 heterocycles. The highest BCUT2D eigenvalue weighted by molar-refractivity contribution is 5.94. The Morgan fingerprint density at radius 1 is 1.41 bits per heavy atom. The van der Waals surface area contributed by atoms with E-state index >= 15 is 0 Å². The first-order chi connectivity index (χ1) is 13.9. The summed E-state index contributed by atoms with van der Waals surface area (Å²) < 4.78 is 12.4. The second-order valence-corrected chi connectivity index (χ2v) is 8.60. The zero-order valence-electron chi connectivity index (χ0n) is 17.7.